The molecule has 2 rings (SSSR count). The summed E-state index contributed by atoms with van der Waals surface area (Å²) in [7, 11) is 0. The van der Waals surface area contributed by atoms with E-state index in [4.69, 9.17) is 11.6 Å². The molecule has 0 aliphatic heterocycles. The van der Waals surface area contributed by atoms with Gasteiger partial charge in [-0.25, -0.2) is 0 Å². The monoisotopic (exact) mass is 284 g/mol. The first kappa shape index (κ1) is 14.5. The van der Waals surface area contributed by atoms with Crippen LogP contribution in [0.4, 0.5) is 0 Å². The molecule has 1 atom stereocenters. The molecule has 0 N–H and O–H groups in total. The molecule has 0 aliphatic rings. The zero-order chi connectivity index (χ0) is 14.4. The maximum absolute atomic E-state index is 11.5. The number of hydrogen-bond acceptors (Lipinski definition) is 1. The highest BCUT2D eigenvalue weighted by Gasteiger charge is 2.24. The third kappa shape index (κ3) is 3.58. The van der Waals surface area contributed by atoms with Crippen molar-refractivity contribution in [3.05, 3.63) is 76.8 Å². The third-order valence-corrected chi connectivity index (χ3v) is 3.63. The maximum atomic E-state index is 11.5. The van der Waals surface area contributed by atoms with Gasteiger partial charge in [0.1, 0.15) is 6.29 Å². The first-order chi connectivity index (χ1) is 9.64. The number of hydrogen-bond donors (Lipinski definition) is 0. The molecule has 0 saturated heterocycles. The minimum Gasteiger partial charge on any atom is -0.302 e. The summed E-state index contributed by atoms with van der Waals surface area (Å²) in [5, 5.41) is 0.716. The largest absolute Gasteiger partial charge is 0.302 e. The van der Waals surface area contributed by atoms with E-state index in [1.54, 1.807) is 0 Å². The Morgan fingerprint density at radius 2 is 1.85 bits per heavy atom. The lowest BCUT2D eigenvalue weighted by atomic mass is 9.81. The van der Waals surface area contributed by atoms with Crippen LogP contribution in [0, 0.1) is 0 Å². The molecule has 0 fully saturated rings. The minimum atomic E-state index is -0.490. The van der Waals surface area contributed by atoms with Gasteiger partial charge in [0.05, 0.1) is 5.41 Å². The van der Waals surface area contributed by atoms with Gasteiger partial charge in [0, 0.05) is 5.02 Å². The van der Waals surface area contributed by atoms with E-state index in [9.17, 15) is 4.79 Å². The normalized spacial score (nSPS) is 14.1. The Bertz CT molecular complexity index is 604. The smallest absolute Gasteiger partial charge is 0.130 e. The van der Waals surface area contributed by atoms with Crippen LogP contribution in [-0.2, 0) is 10.2 Å². The van der Waals surface area contributed by atoms with Crippen molar-refractivity contribution in [2.24, 2.45) is 0 Å². The summed E-state index contributed by atoms with van der Waals surface area (Å²) in [5.41, 5.74) is 1.58. The number of carbonyl (C=O) groups excluding carboxylic acids is 1. The molecule has 2 aromatic carbocycles. The van der Waals surface area contributed by atoms with E-state index in [0.29, 0.717) is 11.4 Å². The number of rotatable bonds is 5. The molecule has 102 valence electrons. The number of carbonyl (C=O) groups is 1. The van der Waals surface area contributed by atoms with Crippen LogP contribution in [0.3, 0.4) is 0 Å². The summed E-state index contributed by atoms with van der Waals surface area (Å²) in [6.45, 7) is 1.96. The lowest BCUT2D eigenvalue weighted by molar-refractivity contribution is -0.112. The minimum absolute atomic E-state index is 0.490. The van der Waals surface area contributed by atoms with Gasteiger partial charge in [0.25, 0.3) is 0 Å². The van der Waals surface area contributed by atoms with E-state index in [2.05, 4.69) is 0 Å². The fourth-order valence-corrected chi connectivity index (χ4v) is 2.30. The Hall–Kier alpha value is -1.86. The number of aldehydes is 1. The van der Waals surface area contributed by atoms with Crippen LogP contribution in [0.25, 0.3) is 6.08 Å². The van der Waals surface area contributed by atoms with Gasteiger partial charge in [-0.1, -0.05) is 66.2 Å². The molecule has 1 nitrogen and oxygen atoms in total. The zero-order valence-corrected chi connectivity index (χ0v) is 12.2. The molecule has 0 unspecified atom stereocenters. The van der Waals surface area contributed by atoms with E-state index in [1.165, 1.54) is 0 Å². The van der Waals surface area contributed by atoms with Gasteiger partial charge in [0.15, 0.2) is 0 Å². The molecular formula is C18H17ClO. The van der Waals surface area contributed by atoms with Gasteiger partial charge in [-0.05, 0) is 36.6 Å². The van der Waals surface area contributed by atoms with Crippen LogP contribution in [0.5, 0.6) is 0 Å². The summed E-state index contributed by atoms with van der Waals surface area (Å²) < 4.78 is 0. The number of allylic oxidation sites excluding steroid dienone is 1. The maximum Gasteiger partial charge on any atom is 0.130 e. The Morgan fingerprint density at radius 1 is 1.10 bits per heavy atom. The van der Waals surface area contributed by atoms with Gasteiger partial charge >= 0.3 is 0 Å². The SMILES string of the molecule is C[C@](C=O)(C/C=C/c1cccc(Cl)c1)c1ccccc1. The van der Waals surface area contributed by atoms with Crippen molar-refractivity contribution in [3.63, 3.8) is 0 Å². The quantitative estimate of drug-likeness (QED) is 0.714. The van der Waals surface area contributed by atoms with Gasteiger partial charge in [-0.3, -0.25) is 0 Å². The molecule has 0 aromatic heterocycles. The molecule has 0 radical (unpaired) electrons. The lowest BCUT2D eigenvalue weighted by Gasteiger charge is -2.21. The van der Waals surface area contributed by atoms with Crippen LogP contribution in [0.1, 0.15) is 24.5 Å². The van der Waals surface area contributed by atoms with E-state index >= 15 is 0 Å². The van der Waals surface area contributed by atoms with Crippen molar-refractivity contribution in [3.8, 4) is 0 Å². The van der Waals surface area contributed by atoms with Crippen LogP contribution in [0.15, 0.2) is 60.7 Å². The van der Waals surface area contributed by atoms with E-state index in [-0.39, 0.29) is 0 Å². The lowest BCUT2D eigenvalue weighted by Crippen LogP contribution is -2.22. The van der Waals surface area contributed by atoms with Crippen LogP contribution in [-0.4, -0.2) is 6.29 Å². The van der Waals surface area contributed by atoms with Crippen LogP contribution in [0.2, 0.25) is 5.02 Å². The summed E-state index contributed by atoms with van der Waals surface area (Å²) in [6.07, 6.45) is 5.70. The Kier molecular flexibility index (Phi) is 4.75. The molecule has 0 heterocycles. The average molecular weight is 285 g/mol. The molecule has 0 amide bonds. The zero-order valence-electron chi connectivity index (χ0n) is 11.4. The predicted molar refractivity (Wildman–Crippen MR) is 85.0 cm³/mol. The molecule has 20 heavy (non-hydrogen) atoms. The second kappa shape index (κ2) is 6.53. The fraction of sp³-hybridized carbons (Fsp3) is 0.167. The van der Waals surface area contributed by atoms with Crippen molar-refractivity contribution < 1.29 is 4.79 Å². The molecule has 2 heteroatoms. The molecule has 0 bridgehead atoms. The van der Waals surface area contributed by atoms with Crippen LogP contribution < -0.4 is 0 Å². The van der Waals surface area contributed by atoms with Gasteiger partial charge in [0.2, 0.25) is 0 Å². The van der Waals surface area contributed by atoms with Crippen molar-refractivity contribution in [1.29, 1.82) is 0 Å². The van der Waals surface area contributed by atoms with Crippen molar-refractivity contribution in [1.82, 2.24) is 0 Å². The molecule has 0 spiro atoms. The Morgan fingerprint density at radius 3 is 2.50 bits per heavy atom. The van der Waals surface area contributed by atoms with Crippen LogP contribution >= 0.6 is 11.6 Å². The highest BCUT2D eigenvalue weighted by Crippen LogP contribution is 2.26. The predicted octanol–water partition coefficient (Wildman–Crippen LogP) is 4.90. The van der Waals surface area contributed by atoms with E-state index in [0.717, 1.165) is 17.4 Å². The van der Waals surface area contributed by atoms with Crippen molar-refractivity contribution in [2.45, 2.75) is 18.8 Å². The van der Waals surface area contributed by atoms with Gasteiger partial charge in [-0.15, -0.1) is 0 Å². The van der Waals surface area contributed by atoms with Gasteiger partial charge < -0.3 is 4.79 Å². The average Bonchev–Trinajstić information content (AvgIpc) is 2.48. The highest BCUT2D eigenvalue weighted by molar-refractivity contribution is 6.30. The van der Waals surface area contributed by atoms with E-state index in [1.807, 2.05) is 73.7 Å². The Balaban J connectivity index is 2.13. The second-order valence-electron chi connectivity index (χ2n) is 5.06. The first-order valence-electron chi connectivity index (χ1n) is 6.58. The van der Waals surface area contributed by atoms with Crippen molar-refractivity contribution >= 4 is 24.0 Å². The van der Waals surface area contributed by atoms with E-state index < -0.39 is 5.41 Å². The summed E-state index contributed by atoms with van der Waals surface area (Å²) >= 11 is 5.95. The number of halogens is 1. The number of benzene rings is 2. The summed E-state index contributed by atoms with van der Waals surface area (Å²) in [5.74, 6) is 0. The summed E-state index contributed by atoms with van der Waals surface area (Å²) in [6, 6.07) is 17.5. The fourth-order valence-electron chi connectivity index (χ4n) is 2.10. The van der Waals surface area contributed by atoms with Crippen molar-refractivity contribution in [2.75, 3.05) is 0 Å². The first-order valence-corrected chi connectivity index (χ1v) is 6.96. The standard InChI is InChI=1S/C18H17ClO/c1-18(14-20,16-9-3-2-4-10-16)12-6-8-15-7-5-11-17(19)13-15/h2-11,13-14H,12H2,1H3/b8-6+/t18-/m1/s1. The topological polar surface area (TPSA) is 17.1 Å². The molecule has 0 saturated carbocycles. The molecule has 2 aromatic rings. The third-order valence-electron chi connectivity index (χ3n) is 3.39. The summed E-state index contributed by atoms with van der Waals surface area (Å²) in [4.78, 5) is 11.5. The molecular weight excluding hydrogens is 268 g/mol. The Labute approximate surface area is 124 Å². The second-order valence-corrected chi connectivity index (χ2v) is 5.50. The van der Waals surface area contributed by atoms with Gasteiger partial charge in [-0.2, -0.15) is 0 Å². The molecule has 0 aliphatic carbocycles. The highest BCUT2D eigenvalue weighted by atomic mass is 35.5.